The van der Waals surface area contributed by atoms with Crippen molar-refractivity contribution in [2.45, 2.75) is 24.5 Å². The zero-order chi connectivity index (χ0) is 29.3. The number of aliphatic hydroxyl groups excluding tert-OH is 2. The quantitative estimate of drug-likeness (QED) is 0.121. The van der Waals surface area contributed by atoms with Gasteiger partial charge in [-0.15, -0.1) is 0 Å². The molecule has 2 aliphatic heterocycles. The molecule has 41 heavy (non-hydrogen) atoms. The lowest BCUT2D eigenvalue weighted by Gasteiger charge is -2.19. The molecule has 7 N–H and O–H groups in total. The van der Waals surface area contributed by atoms with Gasteiger partial charge in [-0.25, -0.2) is 23.7 Å². The first-order valence-electron chi connectivity index (χ1n) is 11.7. The Balaban J connectivity index is 1.27. The van der Waals surface area contributed by atoms with Crippen LogP contribution in [0.15, 0.2) is 48.9 Å². The smallest absolute Gasteiger partial charge is 0.387 e. The van der Waals surface area contributed by atoms with Gasteiger partial charge in [-0.05, 0) is 22.9 Å². The van der Waals surface area contributed by atoms with Crippen molar-refractivity contribution in [1.29, 1.82) is 0 Å². The number of hydrogen-bond donors (Lipinski definition) is 7. The topological polar surface area (TPSA) is 252 Å². The maximum atomic E-state index is 12.1. The summed E-state index contributed by atoms with van der Waals surface area (Å²) in [5.41, 5.74) is 2.68. The van der Waals surface area contributed by atoms with E-state index in [1.165, 1.54) is 10.9 Å². The fourth-order valence-electron chi connectivity index (χ4n) is 4.84. The Labute approximate surface area is 229 Å². The molecular formula is C21H21N4O13P3. The number of anilines is 2. The highest BCUT2D eigenvalue weighted by atomic mass is 31.3. The number of rotatable bonds is 8. The second kappa shape index (κ2) is 10.0. The summed E-state index contributed by atoms with van der Waals surface area (Å²) in [5.74, 6) is 0.503. The van der Waals surface area contributed by atoms with E-state index in [4.69, 9.17) is 14.5 Å². The molecule has 6 rings (SSSR count). The van der Waals surface area contributed by atoms with Crippen LogP contribution in [0.2, 0.25) is 0 Å². The Hall–Kier alpha value is -2.59. The third kappa shape index (κ3) is 5.49. The van der Waals surface area contributed by atoms with Gasteiger partial charge in [0, 0.05) is 23.0 Å². The number of phosphoric acid groups is 3. The van der Waals surface area contributed by atoms with E-state index in [9.17, 15) is 33.7 Å². The molecule has 17 nitrogen and oxygen atoms in total. The highest BCUT2D eigenvalue weighted by Gasteiger charge is 2.47. The van der Waals surface area contributed by atoms with Crippen molar-refractivity contribution in [3.63, 3.8) is 0 Å². The van der Waals surface area contributed by atoms with Crippen molar-refractivity contribution in [2.75, 3.05) is 11.9 Å². The minimum Gasteiger partial charge on any atom is -0.387 e. The molecule has 1 saturated heterocycles. The Morgan fingerprint density at radius 1 is 0.927 bits per heavy atom. The lowest BCUT2D eigenvalue weighted by molar-refractivity contribution is -0.0500. The monoisotopic (exact) mass is 630 g/mol. The van der Waals surface area contributed by atoms with Gasteiger partial charge in [0.2, 0.25) is 0 Å². The van der Waals surface area contributed by atoms with E-state index in [0.717, 1.165) is 27.6 Å². The summed E-state index contributed by atoms with van der Waals surface area (Å²) >= 11 is 0. The Morgan fingerprint density at radius 3 is 2.34 bits per heavy atom. The third-order valence-corrected chi connectivity index (χ3v) is 10.3. The van der Waals surface area contributed by atoms with Gasteiger partial charge in [0.25, 0.3) is 0 Å². The summed E-state index contributed by atoms with van der Waals surface area (Å²) in [6.07, 6.45) is -3.00. The molecule has 0 amide bonds. The molecule has 218 valence electrons. The van der Waals surface area contributed by atoms with Gasteiger partial charge in [0.05, 0.1) is 12.0 Å². The van der Waals surface area contributed by atoms with Gasteiger partial charge in [-0.2, -0.15) is 8.62 Å². The largest absolute Gasteiger partial charge is 0.490 e. The van der Waals surface area contributed by atoms with Gasteiger partial charge in [0.1, 0.15) is 36.1 Å². The average molecular weight is 630 g/mol. The fourth-order valence-corrected chi connectivity index (χ4v) is 7.87. The van der Waals surface area contributed by atoms with E-state index in [0.29, 0.717) is 16.9 Å². The van der Waals surface area contributed by atoms with E-state index < -0.39 is 54.6 Å². The molecular weight excluding hydrogens is 609 g/mol. The third-order valence-electron chi connectivity index (χ3n) is 6.47. The molecule has 2 aliphatic rings. The van der Waals surface area contributed by atoms with Crippen molar-refractivity contribution in [3.05, 3.63) is 48.9 Å². The molecule has 4 aromatic rings. The first-order chi connectivity index (χ1) is 19.2. The molecule has 20 heteroatoms. The molecule has 0 spiro atoms. The fraction of sp³-hybridized carbons (Fsp3) is 0.238. The zero-order valence-electron chi connectivity index (χ0n) is 20.4. The molecule has 0 radical (unpaired) electrons. The van der Waals surface area contributed by atoms with Gasteiger partial charge in [-0.1, -0.05) is 24.3 Å². The van der Waals surface area contributed by atoms with Crippen molar-refractivity contribution in [1.82, 2.24) is 14.5 Å². The average Bonchev–Trinajstić information content (AvgIpc) is 3.38. The number of nitrogens with zero attached hydrogens (tertiary/aromatic N) is 3. The molecule has 0 bridgehead atoms. The SMILES string of the molecule is O=P(O)(O)OP(=O)(O)OP(=O)(O)OC[C@H]1O[C@@H](n2cc3c4c(ncnc42)Nc2cc4ccccc4cc2-3)C(O)C1O. The second-order valence-electron chi connectivity index (χ2n) is 9.17. The van der Waals surface area contributed by atoms with E-state index in [1.54, 1.807) is 6.20 Å². The van der Waals surface area contributed by atoms with Gasteiger partial charge in [-0.3, -0.25) is 4.52 Å². The van der Waals surface area contributed by atoms with E-state index in [-0.39, 0.29) is 0 Å². The minimum absolute atomic E-state index is 0.348. The van der Waals surface area contributed by atoms with Crippen LogP contribution in [0.4, 0.5) is 11.5 Å². The maximum Gasteiger partial charge on any atom is 0.490 e. The van der Waals surface area contributed by atoms with Crippen LogP contribution in [0.5, 0.6) is 0 Å². The van der Waals surface area contributed by atoms with Crippen LogP contribution in [0, 0.1) is 0 Å². The summed E-state index contributed by atoms with van der Waals surface area (Å²) < 4.78 is 53.6. The van der Waals surface area contributed by atoms with Crippen molar-refractivity contribution >= 4 is 56.8 Å². The Kier molecular flexibility index (Phi) is 6.96. The highest BCUT2D eigenvalue weighted by molar-refractivity contribution is 7.66. The summed E-state index contributed by atoms with van der Waals surface area (Å²) in [6, 6.07) is 11.7. The molecule has 1 fully saturated rings. The predicted octanol–water partition coefficient (Wildman–Crippen LogP) is 2.27. The number of aliphatic hydroxyl groups is 2. The van der Waals surface area contributed by atoms with Crippen molar-refractivity contribution in [3.8, 4) is 11.1 Å². The van der Waals surface area contributed by atoms with Crippen LogP contribution >= 0.6 is 23.5 Å². The minimum atomic E-state index is -5.73. The second-order valence-corrected chi connectivity index (χ2v) is 13.6. The molecule has 6 atom stereocenters. The predicted molar refractivity (Wildman–Crippen MR) is 139 cm³/mol. The van der Waals surface area contributed by atoms with Crippen molar-refractivity contribution in [2.24, 2.45) is 0 Å². The van der Waals surface area contributed by atoms with E-state index in [2.05, 4.69) is 28.4 Å². The number of phosphoric ester groups is 1. The number of hydrogen-bond acceptors (Lipinski definition) is 12. The number of fused-ring (bicyclic) bond motifs is 3. The summed E-state index contributed by atoms with van der Waals surface area (Å²) in [4.78, 5) is 45.0. The van der Waals surface area contributed by atoms with Crippen LogP contribution < -0.4 is 5.32 Å². The normalized spacial score (nSPS) is 25.0. The molecule has 0 saturated carbocycles. The number of ether oxygens (including phenoxy) is 1. The maximum absolute atomic E-state index is 12.1. The first-order valence-corrected chi connectivity index (χ1v) is 16.2. The summed E-state index contributed by atoms with van der Waals surface area (Å²) in [5, 5.41) is 27.3. The zero-order valence-corrected chi connectivity index (χ0v) is 23.0. The summed E-state index contributed by atoms with van der Waals surface area (Å²) in [6.45, 7) is -0.943. The lowest BCUT2D eigenvalue weighted by Crippen LogP contribution is -2.33. The van der Waals surface area contributed by atoms with E-state index >= 15 is 0 Å². The number of nitrogens with one attached hydrogen (secondary N) is 1. The highest BCUT2D eigenvalue weighted by Crippen LogP contribution is 2.66. The van der Waals surface area contributed by atoms with E-state index in [1.807, 2.05) is 36.4 Å². The molecule has 0 aliphatic carbocycles. The van der Waals surface area contributed by atoms with Crippen LogP contribution in [0.25, 0.3) is 32.9 Å². The molecule has 4 heterocycles. The van der Waals surface area contributed by atoms with Gasteiger partial charge in [0.15, 0.2) is 6.23 Å². The Bertz CT molecular complexity index is 1830. The van der Waals surface area contributed by atoms with Crippen LogP contribution in [0.1, 0.15) is 6.23 Å². The van der Waals surface area contributed by atoms with Crippen LogP contribution in [0.3, 0.4) is 0 Å². The van der Waals surface area contributed by atoms with Gasteiger partial charge >= 0.3 is 23.5 Å². The Morgan fingerprint density at radius 2 is 1.63 bits per heavy atom. The number of aromatic nitrogens is 3. The van der Waals surface area contributed by atoms with Crippen LogP contribution in [-0.4, -0.2) is 69.2 Å². The molecule has 4 unspecified atom stereocenters. The van der Waals surface area contributed by atoms with Crippen molar-refractivity contribution < 1.29 is 61.4 Å². The first kappa shape index (κ1) is 28.5. The lowest BCUT2D eigenvalue weighted by atomic mass is 9.97. The summed E-state index contributed by atoms with van der Waals surface area (Å²) in [7, 11) is -16.8. The van der Waals surface area contributed by atoms with Crippen LogP contribution in [-0.2, 0) is 31.6 Å². The molecule has 2 aromatic heterocycles. The number of benzene rings is 2. The molecule has 2 aromatic carbocycles. The standard InChI is InChI=1S/C21H21N4O13P3/c26-17-15(8-35-40(31,32)38-41(33,34)37-39(28,29)30)36-21(18(17)27)25-7-13-12-5-10-3-1-2-4-11(10)6-14(12)24-19-16(13)20(25)23-9-22-19/h1-7,9,15,17-18,21,26-27H,8H2,(H,31,32)(H,33,34)(H,22,23,24)(H2,28,29,30)/t15-,17?,18?,21-/m1/s1. The van der Waals surface area contributed by atoms with Gasteiger partial charge < -0.3 is 44.4 Å².